The highest BCUT2D eigenvalue weighted by molar-refractivity contribution is 7.47. The summed E-state index contributed by atoms with van der Waals surface area (Å²) in [6.07, 6.45) is 62.7. The molecule has 1 amide bonds. The monoisotopic (exact) mass is 952 g/mol. The van der Waals surface area contributed by atoms with Crippen molar-refractivity contribution < 1.29 is 32.9 Å². The van der Waals surface area contributed by atoms with E-state index in [0.29, 0.717) is 17.4 Å². The summed E-state index contributed by atoms with van der Waals surface area (Å²) in [7, 11) is 1.56. The van der Waals surface area contributed by atoms with Gasteiger partial charge in [0.25, 0.3) is 0 Å². The SMILES string of the molecule is CCCCCCC/C=C/CC/C=C/C(O)C(COP(=O)(O)OCC[N+](C)(C)C)NC(=O)CCCCCCCCCCCCCCCCCCC/C=C\CCCCCCCCCCCCCC. The zero-order valence-corrected chi connectivity index (χ0v) is 45.3. The summed E-state index contributed by atoms with van der Waals surface area (Å²) in [6, 6.07) is -0.860. The van der Waals surface area contributed by atoms with Gasteiger partial charge in [0, 0.05) is 6.42 Å². The fourth-order valence-electron chi connectivity index (χ4n) is 8.35. The van der Waals surface area contributed by atoms with Crippen LogP contribution in [-0.4, -0.2) is 73.4 Å². The van der Waals surface area contributed by atoms with Gasteiger partial charge in [0.1, 0.15) is 13.2 Å². The van der Waals surface area contributed by atoms with Gasteiger partial charge in [-0.2, -0.15) is 0 Å². The standard InChI is InChI=1S/C57H111N2O6P/c1-6-8-10-12-14-16-18-19-20-21-22-23-24-25-26-27-28-29-30-31-32-33-34-35-36-37-38-39-41-43-45-47-49-51-57(61)58-55(54-65-66(62,63)64-53-52-59(3,4)5)56(60)50-48-46-44-42-40-17-15-13-11-9-7-2/h25-26,40,42,48,50,55-56,60H,6-24,27-39,41,43-47,49,51-54H2,1-5H3,(H-,58,61,62,63)/p+1/b26-25-,42-40+,50-48+. The number of unbranched alkanes of at least 4 members (excludes halogenated alkanes) is 35. The van der Waals surface area contributed by atoms with E-state index in [1.165, 1.54) is 212 Å². The maximum absolute atomic E-state index is 12.9. The normalized spacial score (nSPS) is 14.2. The van der Waals surface area contributed by atoms with Gasteiger partial charge < -0.3 is 19.8 Å². The fraction of sp³-hybridized carbons (Fsp3) is 0.877. The molecule has 9 heteroatoms. The van der Waals surface area contributed by atoms with Crippen LogP contribution in [0.5, 0.6) is 0 Å². The van der Waals surface area contributed by atoms with Crippen LogP contribution in [0.25, 0.3) is 0 Å². The number of aliphatic hydroxyl groups excluding tert-OH is 1. The Kier molecular flexibility index (Phi) is 47.8. The average molecular weight is 953 g/mol. The van der Waals surface area contributed by atoms with Crippen LogP contribution >= 0.6 is 7.82 Å². The highest BCUT2D eigenvalue weighted by atomic mass is 31.2. The molecule has 3 N–H and O–H groups in total. The van der Waals surface area contributed by atoms with Crippen molar-refractivity contribution in [2.24, 2.45) is 0 Å². The van der Waals surface area contributed by atoms with Gasteiger partial charge >= 0.3 is 7.82 Å². The van der Waals surface area contributed by atoms with Crippen LogP contribution in [0.15, 0.2) is 36.5 Å². The number of rotatable bonds is 52. The predicted octanol–water partition coefficient (Wildman–Crippen LogP) is 17.0. The molecule has 0 rings (SSSR count). The lowest BCUT2D eigenvalue weighted by Gasteiger charge is -2.25. The first kappa shape index (κ1) is 64.7. The van der Waals surface area contributed by atoms with E-state index < -0.39 is 20.0 Å². The number of nitrogens with zero attached hydrogens (tertiary/aromatic N) is 1. The summed E-state index contributed by atoms with van der Waals surface area (Å²) in [5.74, 6) is -0.185. The fourth-order valence-corrected chi connectivity index (χ4v) is 9.08. The minimum Gasteiger partial charge on any atom is -0.387 e. The van der Waals surface area contributed by atoms with Crippen molar-refractivity contribution in [1.29, 1.82) is 0 Å². The molecule has 3 unspecified atom stereocenters. The van der Waals surface area contributed by atoms with Gasteiger partial charge in [0.2, 0.25) is 5.91 Å². The lowest BCUT2D eigenvalue weighted by molar-refractivity contribution is -0.870. The molecular formula is C57H112N2O6P+. The van der Waals surface area contributed by atoms with Crippen molar-refractivity contribution >= 4 is 13.7 Å². The second-order valence-corrected chi connectivity index (χ2v) is 22.1. The van der Waals surface area contributed by atoms with Crippen molar-refractivity contribution in [3.05, 3.63) is 36.5 Å². The summed E-state index contributed by atoms with van der Waals surface area (Å²) < 4.78 is 23.6. The first-order valence-electron chi connectivity index (χ1n) is 28.4. The number of hydrogen-bond acceptors (Lipinski definition) is 5. The first-order valence-corrected chi connectivity index (χ1v) is 29.9. The zero-order valence-electron chi connectivity index (χ0n) is 44.4. The Hall–Kier alpha value is -1.28. The van der Waals surface area contributed by atoms with E-state index >= 15 is 0 Å². The second kappa shape index (κ2) is 48.7. The van der Waals surface area contributed by atoms with Gasteiger partial charge in [-0.1, -0.05) is 243 Å². The largest absolute Gasteiger partial charge is 0.472 e. The molecule has 0 saturated carbocycles. The molecule has 0 aliphatic heterocycles. The molecule has 0 saturated heterocycles. The molecule has 390 valence electrons. The maximum atomic E-state index is 12.9. The van der Waals surface area contributed by atoms with Gasteiger partial charge in [-0.15, -0.1) is 0 Å². The molecule has 0 radical (unpaired) electrons. The summed E-state index contributed by atoms with van der Waals surface area (Å²) in [5.41, 5.74) is 0. The van der Waals surface area contributed by atoms with Crippen molar-refractivity contribution in [2.75, 3.05) is 40.9 Å². The third-order valence-electron chi connectivity index (χ3n) is 12.8. The molecule has 3 atom stereocenters. The molecule has 8 nitrogen and oxygen atoms in total. The summed E-state index contributed by atoms with van der Waals surface area (Å²) in [5, 5.41) is 13.8. The smallest absolute Gasteiger partial charge is 0.387 e. The highest BCUT2D eigenvalue weighted by Crippen LogP contribution is 2.43. The van der Waals surface area contributed by atoms with Crippen LogP contribution in [0.1, 0.15) is 271 Å². The lowest BCUT2D eigenvalue weighted by Crippen LogP contribution is -2.45. The quantitative estimate of drug-likeness (QED) is 0.0243. The third-order valence-corrected chi connectivity index (χ3v) is 13.8. The van der Waals surface area contributed by atoms with Gasteiger partial charge in [0.15, 0.2) is 0 Å². The van der Waals surface area contributed by atoms with Gasteiger partial charge in [-0.3, -0.25) is 13.8 Å². The van der Waals surface area contributed by atoms with E-state index in [4.69, 9.17) is 9.05 Å². The molecule has 0 spiro atoms. The summed E-state index contributed by atoms with van der Waals surface area (Å²) in [4.78, 5) is 23.2. The Morgan fingerprint density at radius 1 is 0.500 bits per heavy atom. The van der Waals surface area contributed by atoms with Crippen LogP contribution < -0.4 is 5.32 Å². The molecule has 0 aliphatic carbocycles. The topological polar surface area (TPSA) is 105 Å². The van der Waals surface area contributed by atoms with E-state index in [1.807, 2.05) is 27.2 Å². The van der Waals surface area contributed by atoms with Crippen molar-refractivity contribution in [3.63, 3.8) is 0 Å². The average Bonchev–Trinajstić information content (AvgIpc) is 3.28. The van der Waals surface area contributed by atoms with Crippen LogP contribution in [0.4, 0.5) is 0 Å². The van der Waals surface area contributed by atoms with Gasteiger partial charge in [-0.05, 0) is 57.8 Å². The van der Waals surface area contributed by atoms with Gasteiger partial charge in [0.05, 0.1) is 39.9 Å². The van der Waals surface area contributed by atoms with Crippen LogP contribution in [0, 0.1) is 0 Å². The number of phosphoric acid groups is 1. The number of nitrogens with one attached hydrogen (secondary N) is 1. The van der Waals surface area contributed by atoms with Crippen LogP contribution in [-0.2, 0) is 18.4 Å². The number of carbonyl (C=O) groups is 1. The second-order valence-electron chi connectivity index (χ2n) is 20.7. The Morgan fingerprint density at radius 3 is 1.21 bits per heavy atom. The number of allylic oxidation sites excluding steroid dienone is 5. The van der Waals surface area contributed by atoms with Gasteiger partial charge in [-0.25, -0.2) is 4.57 Å². The van der Waals surface area contributed by atoms with Crippen molar-refractivity contribution in [3.8, 4) is 0 Å². The first-order chi connectivity index (χ1) is 32.0. The van der Waals surface area contributed by atoms with E-state index in [-0.39, 0.29) is 19.1 Å². The van der Waals surface area contributed by atoms with Crippen molar-refractivity contribution in [1.82, 2.24) is 5.32 Å². The number of likely N-dealkylation sites (N-methyl/N-ethyl adjacent to an activating group) is 1. The van der Waals surface area contributed by atoms with Crippen molar-refractivity contribution in [2.45, 2.75) is 283 Å². The van der Waals surface area contributed by atoms with E-state index in [2.05, 4.69) is 43.5 Å². The molecule has 0 aromatic heterocycles. The Bertz CT molecular complexity index is 1170. The van der Waals surface area contributed by atoms with E-state index in [0.717, 1.165) is 38.5 Å². The Balaban J connectivity index is 3.96. The predicted molar refractivity (Wildman–Crippen MR) is 286 cm³/mol. The number of hydrogen-bond donors (Lipinski definition) is 3. The molecule has 0 heterocycles. The minimum absolute atomic E-state index is 0.0570. The van der Waals surface area contributed by atoms with E-state index in [9.17, 15) is 19.4 Å². The summed E-state index contributed by atoms with van der Waals surface area (Å²) in [6.45, 7) is 4.79. The number of aliphatic hydroxyl groups is 1. The Morgan fingerprint density at radius 2 is 0.833 bits per heavy atom. The molecule has 0 fully saturated rings. The number of amides is 1. The number of phosphoric ester groups is 1. The molecule has 0 aromatic carbocycles. The highest BCUT2D eigenvalue weighted by Gasteiger charge is 2.27. The maximum Gasteiger partial charge on any atom is 0.472 e. The molecule has 0 aromatic rings. The number of quaternary nitrogens is 1. The Labute approximate surface area is 410 Å². The van der Waals surface area contributed by atoms with Crippen LogP contribution in [0.2, 0.25) is 0 Å². The van der Waals surface area contributed by atoms with E-state index in [1.54, 1.807) is 6.08 Å². The summed E-state index contributed by atoms with van der Waals surface area (Å²) >= 11 is 0. The zero-order chi connectivity index (χ0) is 48.5. The molecule has 0 bridgehead atoms. The third kappa shape index (κ3) is 50.6. The lowest BCUT2D eigenvalue weighted by atomic mass is 10.0. The molecule has 0 aliphatic rings. The number of carbonyl (C=O) groups excluding carboxylic acids is 1. The van der Waals surface area contributed by atoms with Crippen LogP contribution in [0.3, 0.4) is 0 Å². The minimum atomic E-state index is -4.35. The molecular weight excluding hydrogens is 840 g/mol. The molecule has 66 heavy (non-hydrogen) atoms.